The van der Waals surface area contributed by atoms with E-state index in [-0.39, 0.29) is 0 Å². The Hall–Kier alpha value is -1.66. The van der Waals surface area contributed by atoms with E-state index in [9.17, 15) is 9.59 Å². The van der Waals surface area contributed by atoms with Crippen LogP contribution in [0, 0.1) is 5.41 Å². The molecular formula is C41H78N2O4. The molecule has 0 bridgehead atoms. The van der Waals surface area contributed by atoms with Gasteiger partial charge in [-0.05, 0) is 40.5 Å². The summed E-state index contributed by atoms with van der Waals surface area (Å²) in [5.41, 5.74) is 13.2. The molecule has 6 nitrogen and oxygen atoms in total. The maximum Gasteiger partial charge on any atom is 0.244 e. The molecule has 0 rings (SSSR count). The van der Waals surface area contributed by atoms with Crippen LogP contribution in [-0.4, -0.2) is 38.2 Å². The van der Waals surface area contributed by atoms with Crippen LogP contribution in [0.25, 0.3) is 0 Å². The summed E-state index contributed by atoms with van der Waals surface area (Å²) in [6, 6.07) is 0. The van der Waals surface area contributed by atoms with Crippen molar-refractivity contribution in [2.45, 2.75) is 196 Å². The van der Waals surface area contributed by atoms with Crippen LogP contribution in [0.5, 0.6) is 0 Å². The number of nitrogens with two attached hydrogens (primary N) is 2. The Morgan fingerprint density at radius 1 is 0.426 bits per heavy atom. The molecule has 0 saturated heterocycles. The fraction of sp³-hybridized carbons (Fsp3) is 0.854. The van der Waals surface area contributed by atoms with Gasteiger partial charge in [-0.3, -0.25) is 9.59 Å². The first-order valence-electron chi connectivity index (χ1n) is 19.8. The Kier molecular flexibility index (Phi) is 29.3. The predicted octanol–water partition coefficient (Wildman–Crippen LogP) is 11.1. The zero-order valence-corrected chi connectivity index (χ0v) is 32.1. The molecule has 0 fully saturated rings. The fourth-order valence-electron chi connectivity index (χ4n) is 6.43. The molecule has 0 aliphatic rings. The Morgan fingerprint density at radius 2 is 0.660 bits per heavy atom. The van der Waals surface area contributed by atoms with Crippen molar-refractivity contribution in [3.05, 3.63) is 22.3 Å². The van der Waals surface area contributed by atoms with Crippen molar-refractivity contribution < 1.29 is 19.1 Å². The smallest absolute Gasteiger partial charge is 0.244 e. The van der Waals surface area contributed by atoms with Gasteiger partial charge in [0.1, 0.15) is 0 Å². The third-order valence-electron chi connectivity index (χ3n) is 10.3. The standard InChI is InChI=1S/C41H78N2O4/c1-7-9-11-13-15-17-19-21-23-25-27-29-31-46-33-41(37(5)35(3)39(42)44,38(6)36(4)40(43)45)34-47-32-30-28-26-24-22-20-18-16-14-12-10-8-2/h7-34H2,1-6H3,(H2,42,44)(H2,43,45). The topological polar surface area (TPSA) is 105 Å². The van der Waals surface area contributed by atoms with Crippen molar-refractivity contribution in [1.82, 2.24) is 0 Å². The van der Waals surface area contributed by atoms with Crippen molar-refractivity contribution in [3.63, 3.8) is 0 Å². The number of hydrogen-bond acceptors (Lipinski definition) is 4. The van der Waals surface area contributed by atoms with Gasteiger partial charge in [-0.25, -0.2) is 0 Å². The Balaban J connectivity index is 4.92. The summed E-state index contributed by atoms with van der Waals surface area (Å²) in [5.74, 6) is -0.948. The first-order chi connectivity index (χ1) is 22.7. The Labute approximate surface area is 291 Å². The van der Waals surface area contributed by atoms with Crippen LogP contribution in [0.2, 0.25) is 0 Å². The molecular weight excluding hydrogens is 584 g/mol. The highest BCUT2D eigenvalue weighted by molar-refractivity contribution is 5.94. The third-order valence-corrected chi connectivity index (χ3v) is 10.3. The van der Waals surface area contributed by atoms with Gasteiger partial charge in [0.05, 0.1) is 18.6 Å². The van der Waals surface area contributed by atoms with E-state index >= 15 is 0 Å². The number of amides is 2. The molecule has 0 unspecified atom stereocenters. The molecule has 0 heterocycles. The van der Waals surface area contributed by atoms with Gasteiger partial charge in [-0.2, -0.15) is 0 Å². The molecule has 0 aliphatic heterocycles. The van der Waals surface area contributed by atoms with Crippen LogP contribution in [-0.2, 0) is 19.1 Å². The molecule has 0 aromatic carbocycles. The van der Waals surface area contributed by atoms with Gasteiger partial charge in [0, 0.05) is 24.4 Å². The van der Waals surface area contributed by atoms with Gasteiger partial charge in [-0.15, -0.1) is 0 Å². The highest BCUT2D eigenvalue weighted by Crippen LogP contribution is 2.40. The summed E-state index contributed by atoms with van der Waals surface area (Å²) in [4.78, 5) is 24.6. The van der Waals surface area contributed by atoms with Gasteiger partial charge in [0.25, 0.3) is 0 Å². The number of ether oxygens (including phenoxy) is 2. The lowest BCUT2D eigenvalue weighted by atomic mass is 9.72. The number of carbonyl (C=O) groups excluding carboxylic acids is 2. The van der Waals surface area contributed by atoms with Gasteiger partial charge < -0.3 is 20.9 Å². The first-order valence-corrected chi connectivity index (χ1v) is 19.8. The molecule has 6 heteroatoms. The van der Waals surface area contributed by atoms with Crippen molar-refractivity contribution in [3.8, 4) is 0 Å². The average molecular weight is 663 g/mol. The molecule has 0 spiro atoms. The normalized spacial score (nSPS) is 13.1. The lowest BCUT2D eigenvalue weighted by Gasteiger charge is -2.37. The van der Waals surface area contributed by atoms with E-state index in [1.54, 1.807) is 13.8 Å². The molecule has 0 aliphatic carbocycles. The monoisotopic (exact) mass is 663 g/mol. The maximum atomic E-state index is 12.3. The molecule has 0 aromatic heterocycles. The summed E-state index contributed by atoms with van der Waals surface area (Å²) in [6.07, 6.45) is 31.0. The molecule has 0 atom stereocenters. The predicted molar refractivity (Wildman–Crippen MR) is 201 cm³/mol. The molecule has 0 aromatic rings. The van der Waals surface area contributed by atoms with Crippen molar-refractivity contribution >= 4 is 11.8 Å². The minimum atomic E-state index is -0.785. The first kappa shape index (κ1) is 45.3. The highest BCUT2D eigenvalue weighted by Gasteiger charge is 2.38. The van der Waals surface area contributed by atoms with Crippen LogP contribution in [0.4, 0.5) is 0 Å². The number of rotatable bonds is 34. The summed E-state index contributed by atoms with van der Waals surface area (Å²) in [5, 5.41) is 0. The number of carbonyl (C=O) groups is 2. The minimum absolute atomic E-state index is 0.316. The van der Waals surface area contributed by atoms with Crippen LogP contribution in [0.15, 0.2) is 22.3 Å². The van der Waals surface area contributed by atoms with Crippen LogP contribution in [0.3, 0.4) is 0 Å². The lowest BCUT2D eigenvalue weighted by molar-refractivity contribution is -0.115. The average Bonchev–Trinajstić information content (AvgIpc) is 3.06. The van der Waals surface area contributed by atoms with Gasteiger partial charge >= 0.3 is 0 Å². The Morgan fingerprint density at radius 3 is 0.894 bits per heavy atom. The van der Waals surface area contributed by atoms with E-state index < -0.39 is 17.2 Å². The number of primary amides is 2. The van der Waals surface area contributed by atoms with E-state index in [0.717, 1.165) is 36.8 Å². The molecule has 0 radical (unpaired) electrons. The largest absolute Gasteiger partial charge is 0.380 e. The zero-order chi connectivity index (χ0) is 35.2. The van der Waals surface area contributed by atoms with Crippen molar-refractivity contribution in [2.24, 2.45) is 16.9 Å². The SMILES string of the molecule is CCCCCCCCCCCCCCOCC(COCCCCCCCCCCCCCC)(C(C)=C(C)C(N)=O)C(C)=C(C)C(N)=O. The summed E-state index contributed by atoms with van der Waals surface area (Å²) < 4.78 is 12.6. The van der Waals surface area contributed by atoms with E-state index in [0.29, 0.717) is 37.6 Å². The molecule has 0 saturated carbocycles. The Bertz CT molecular complexity index is 794. The van der Waals surface area contributed by atoms with Crippen molar-refractivity contribution in [1.29, 1.82) is 0 Å². The summed E-state index contributed by atoms with van der Waals surface area (Å²) in [7, 11) is 0. The van der Waals surface area contributed by atoms with E-state index in [1.807, 2.05) is 13.8 Å². The van der Waals surface area contributed by atoms with E-state index in [4.69, 9.17) is 20.9 Å². The van der Waals surface area contributed by atoms with E-state index in [2.05, 4.69) is 13.8 Å². The lowest BCUT2D eigenvalue weighted by Crippen LogP contribution is -2.38. The zero-order valence-electron chi connectivity index (χ0n) is 32.1. The van der Waals surface area contributed by atoms with Crippen LogP contribution >= 0.6 is 0 Å². The highest BCUT2D eigenvalue weighted by atomic mass is 16.5. The third kappa shape index (κ3) is 21.8. The second kappa shape index (κ2) is 30.4. The fourth-order valence-corrected chi connectivity index (χ4v) is 6.43. The number of hydrogen-bond donors (Lipinski definition) is 2. The number of unbranched alkanes of at least 4 members (excludes halogenated alkanes) is 22. The molecule has 4 N–H and O–H groups in total. The van der Waals surface area contributed by atoms with Gasteiger partial charge in [0.2, 0.25) is 11.8 Å². The molecule has 276 valence electrons. The van der Waals surface area contributed by atoms with Crippen LogP contribution < -0.4 is 11.5 Å². The van der Waals surface area contributed by atoms with Crippen LogP contribution in [0.1, 0.15) is 196 Å². The summed E-state index contributed by atoms with van der Waals surface area (Å²) in [6.45, 7) is 13.7. The quantitative estimate of drug-likeness (QED) is 0.0528. The second-order valence-corrected chi connectivity index (χ2v) is 14.2. The maximum absolute atomic E-state index is 12.3. The molecule has 2 amide bonds. The summed E-state index contributed by atoms with van der Waals surface area (Å²) >= 11 is 0. The van der Waals surface area contributed by atoms with Gasteiger partial charge in [0.15, 0.2) is 0 Å². The van der Waals surface area contributed by atoms with E-state index in [1.165, 1.54) is 128 Å². The minimum Gasteiger partial charge on any atom is -0.380 e. The molecule has 47 heavy (non-hydrogen) atoms. The second-order valence-electron chi connectivity index (χ2n) is 14.2. The van der Waals surface area contributed by atoms with Gasteiger partial charge in [-0.1, -0.05) is 166 Å². The van der Waals surface area contributed by atoms with Crippen molar-refractivity contribution in [2.75, 3.05) is 26.4 Å².